The van der Waals surface area contributed by atoms with Crippen LogP contribution in [0.15, 0.2) is 66.3 Å². The van der Waals surface area contributed by atoms with Crippen LogP contribution in [0.2, 0.25) is 5.02 Å². The zero-order chi connectivity index (χ0) is 18.2. The molecule has 6 nitrogen and oxygen atoms in total. The highest BCUT2D eigenvalue weighted by atomic mass is 35.5. The van der Waals surface area contributed by atoms with Gasteiger partial charge < -0.3 is 5.32 Å². The minimum atomic E-state index is -0.622. The Kier molecular flexibility index (Phi) is 6.04. The molecule has 7 heteroatoms. The lowest BCUT2D eigenvalue weighted by Gasteiger charge is -2.05. The summed E-state index contributed by atoms with van der Waals surface area (Å²) in [5.41, 5.74) is 0.534. The number of carbonyl (C=O) groups is 1. The van der Waals surface area contributed by atoms with Crippen LogP contribution in [-0.4, -0.2) is 10.8 Å². The van der Waals surface area contributed by atoms with Crippen molar-refractivity contribution >= 4 is 35.0 Å². The van der Waals surface area contributed by atoms with Gasteiger partial charge in [-0.15, -0.1) is 0 Å². The summed E-state index contributed by atoms with van der Waals surface area (Å²) in [5.74, 6) is -0.622. The summed E-state index contributed by atoms with van der Waals surface area (Å²) in [7, 11) is 0. The van der Waals surface area contributed by atoms with Crippen LogP contribution in [0, 0.1) is 21.4 Å². The Bertz CT molecular complexity index is 914. The van der Waals surface area contributed by atoms with E-state index in [1.165, 1.54) is 24.3 Å². The molecule has 2 aromatic carbocycles. The lowest BCUT2D eigenvalue weighted by molar-refractivity contribution is -0.385. The van der Waals surface area contributed by atoms with Crippen molar-refractivity contribution in [2.45, 2.75) is 0 Å². The van der Waals surface area contributed by atoms with Crippen LogP contribution >= 0.6 is 11.6 Å². The Balaban J connectivity index is 2.18. The second kappa shape index (κ2) is 8.43. The molecule has 1 amide bonds. The maximum Gasteiger partial charge on any atom is 0.276 e. The van der Waals surface area contributed by atoms with Crippen LogP contribution < -0.4 is 5.32 Å². The van der Waals surface area contributed by atoms with Gasteiger partial charge in [-0.25, -0.2) is 0 Å². The molecule has 0 aliphatic carbocycles. The van der Waals surface area contributed by atoms with Crippen molar-refractivity contribution in [1.82, 2.24) is 0 Å². The fraction of sp³-hybridized carbons (Fsp3) is 0. The normalized spacial score (nSPS) is 11.1. The van der Waals surface area contributed by atoms with Crippen molar-refractivity contribution in [3.8, 4) is 6.07 Å². The van der Waals surface area contributed by atoms with E-state index in [0.29, 0.717) is 16.3 Å². The highest BCUT2D eigenvalue weighted by molar-refractivity contribution is 6.33. The molecule has 0 spiro atoms. The van der Waals surface area contributed by atoms with Crippen LogP contribution in [0.1, 0.15) is 5.56 Å². The summed E-state index contributed by atoms with van der Waals surface area (Å²) in [6, 6.07) is 14.6. The van der Waals surface area contributed by atoms with Crippen LogP contribution in [0.4, 0.5) is 11.4 Å². The number of rotatable bonds is 5. The zero-order valence-corrected chi connectivity index (χ0v) is 13.6. The number of nitrogens with zero attached hydrogens (tertiary/aromatic N) is 2. The molecule has 25 heavy (non-hydrogen) atoms. The van der Waals surface area contributed by atoms with Crippen molar-refractivity contribution in [3.05, 3.63) is 87.0 Å². The van der Waals surface area contributed by atoms with E-state index in [1.54, 1.807) is 48.5 Å². The number of nitriles is 1. The first-order valence-corrected chi connectivity index (χ1v) is 7.48. The number of nitro groups is 1. The molecule has 0 aliphatic rings. The van der Waals surface area contributed by atoms with E-state index in [1.807, 2.05) is 0 Å². The monoisotopic (exact) mass is 353 g/mol. The fourth-order valence-electron chi connectivity index (χ4n) is 1.96. The van der Waals surface area contributed by atoms with Gasteiger partial charge in [0.05, 0.1) is 21.2 Å². The maximum absolute atomic E-state index is 12.1. The second-order valence-electron chi connectivity index (χ2n) is 4.80. The summed E-state index contributed by atoms with van der Waals surface area (Å²) < 4.78 is 0. The summed E-state index contributed by atoms with van der Waals surface area (Å²) >= 11 is 5.95. The highest BCUT2D eigenvalue weighted by Gasteiger charge is 2.11. The Hall–Kier alpha value is -3.43. The first-order chi connectivity index (χ1) is 12.0. The molecule has 0 heterocycles. The van der Waals surface area contributed by atoms with Gasteiger partial charge in [0.25, 0.3) is 11.6 Å². The third-order valence-corrected chi connectivity index (χ3v) is 3.49. The van der Waals surface area contributed by atoms with Gasteiger partial charge in [-0.1, -0.05) is 41.9 Å². The van der Waals surface area contributed by atoms with Gasteiger partial charge in [-0.3, -0.25) is 14.9 Å². The Morgan fingerprint density at radius 3 is 2.56 bits per heavy atom. The second-order valence-corrected chi connectivity index (χ2v) is 5.21. The molecule has 2 aromatic rings. The number of carbonyl (C=O) groups excluding carboxylic acids is 1. The minimum Gasteiger partial charge on any atom is -0.320 e. The van der Waals surface area contributed by atoms with Crippen molar-refractivity contribution < 1.29 is 9.72 Å². The molecule has 0 aromatic heterocycles. The van der Waals surface area contributed by atoms with Crippen molar-refractivity contribution in [2.24, 2.45) is 0 Å². The predicted molar refractivity (Wildman–Crippen MR) is 95.9 cm³/mol. The smallest absolute Gasteiger partial charge is 0.276 e. The molecule has 0 fully saturated rings. The molecule has 2 rings (SSSR count). The highest BCUT2D eigenvalue weighted by Crippen LogP contribution is 2.21. The first kappa shape index (κ1) is 17.9. The zero-order valence-electron chi connectivity index (χ0n) is 12.8. The van der Waals surface area contributed by atoms with Crippen LogP contribution in [0.3, 0.4) is 0 Å². The van der Waals surface area contributed by atoms with E-state index in [0.717, 1.165) is 0 Å². The van der Waals surface area contributed by atoms with Gasteiger partial charge in [0.1, 0.15) is 11.6 Å². The van der Waals surface area contributed by atoms with Gasteiger partial charge in [0.2, 0.25) is 0 Å². The lowest BCUT2D eigenvalue weighted by atomic mass is 10.1. The largest absolute Gasteiger partial charge is 0.320 e. The van der Waals surface area contributed by atoms with E-state index in [-0.39, 0.29) is 11.3 Å². The van der Waals surface area contributed by atoms with Crippen molar-refractivity contribution in [3.63, 3.8) is 0 Å². The average Bonchev–Trinajstić information content (AvgIpc) is 2.61. The standard InChI is InChI=1S/C18H12ClN3O3/c19-15-9-2-3-10-16(15)21-18(23)14(12-20)8-5-7-13-6-1-4-11-17(13)22(24)25/h1-11H,(H,21,23). The summed E-state index contributed by atoms with van der Waals surface area (Å²) in [6.45, 7) is 0. The number of halogens is 1. The minimum absolute atomic E-state index is 0.0637. The molecule has 0 unspecified atom stereocenters. The number of benzene rings is 2. The first-order valence-electron chi connectivity index (χ1n) is 7.10. The van der Waals surface area contributed by atoms with E-state index < -0.39 is 10.8 Å². The predicted octanol–water partition coefficient (Wildman–Crippen LogP) is 4.35. The number of hydrogen-bond donors (Lipinski definition) is 1. The maximum atomic E-state index is 12.1. The molecule has 1 N–H and O–H groups in total. The van der Waals surface area contributed by atoms with Gasteiger partial charge in [-0.2, -0.15) is 5.26 Å². The molecular weight excluding hydrogens is 342 g/mol. The van der Waals surface area contributed by atoms with Gasteiger partial charge in [0, 0.05) is 6.07 Å². The molecule has 0 saturated carbocycles. The molecule has 0 bridgehead atoms. The third kappa shape index (κ3) is 4.77. The summed E-state index contributed by atoms with van der Waals surface area (Å²) in [6.07, 6.45) is 4.15. The number of nitro benzene ring substituents is 1. The van der Waals surface area contributed by atoms with E-state index in [9.17, 15) is 14.9 Å². The Morgan fingerprint density at radius 1 is 1.20 bits per heavy atom. The van der Waals surface area contributed by atoms with Gasteiger partial charge >= 0.3 is 0 Å². The van der Waals surface area contributed by atoms with E-state index in [4.69, 9.17) is 16.9 Å². The summed E-state index contributed by atoms with van der Waals surface area (Å²) in [5, 5.41) is 23.0. The van der Waals surface area contributed by atoms with Gasteiger partial charge in [0.15, 0.2) is 0 Å². The SMILES string of the molecule is N#CC(=CC=Cc1ccccc1[N+](=O)[O-])C(=O)Nc1ccccc1Cl. The van der Waals surface area contributed by atoms with Crippen molar-refractivity contribution in [1.29, 1.82) is 5.26 Å². The lowest BCUT2D eigenvalue weighted by Crippen LogP contribution is -2.13. The number of allylic oxidation sites excluding steroid dienone is 2. The summed E-state index contributed by atoms with van der Waals surface area (Å²) in [4.78, 5) is 22.6. The molecule has 0 atom stereocenters. The van der Waals surface area contributed by atoms with Crippen molar-refractivity contribution in [2.75, 3.05) is 5.32 Å². The molecular formula is C18H12ClN3O3. The molecule has 124 valence electrons. The van der Waals surface area contributed by atoms with Crippen LogP contribution in [0.5, 0.6) is 0 Å². The number of anilines is 1. The molecule has 0 saturated heterocycles. The fourth-order valence-corrected chi connectivity index (χ4v) is 2.14. The molecule has 0 radical (unpaired) electrons. The molecule has 0 aliphatic heterocycles. The number of amides is 1. The van der Waals surface area contributed by atoms with E-state index in [2.05, 4.69) is 5.32 Å². The third-order valence-electron chi connectivity index (χ3n) is 3.16. The topological polar surface area (TPSA) is 96.0 Å². The Labute approximate surface area is 148 Å². The Morgan fingerprint density at radius 2 is 1.88 bits per heavy atom. The van der Waals surface area contributed by atoms with Gasteiger partial charge in [-0.05, 0) is 30.4 Å². The number of hydrogen-bond acceptors (Lipinski definition) is 4. The number of nitrogens with one attached hydrogen (secondary N) is 1. The quantitative estimate of drug-likeness (QED) is 0.284. The van der Waals surface area contributed by atoms with Crippen LogP contribution in [0.25, 0.3) is 6.08 Å². The average molecular weight is 354 g/mol. The van der Waals surface area contributed by atoms with E-state index >= 15 is 0 Å². The number of para-hydroxylation sites is 2. The van der Waals surface area contributed by atoms with Crippen LogP contribution in [-0.2, 0) is 4.79 Å².